The number of benzene rings is 3. The van der Waals surface area contributed by atoms with Crippen molar-refractivity contribution < 1.29 is 14.3 Å². The van der Waals surface area contributed by atoms with Crippen LogP contribution >= 0.6 is 0 Å². The van der Waals surface area contributed by atoms with E-state index < -0.39 is 0 Å². The van der Waals surface area contributed by atoms with Crippen LogP contribution in [0, 0.1) is 0 Å². The molecule has 0 N–H and O–H groups in total. The summed E-state index contributed by atoms with van der Waals surface area (Å²) in [6.45, 7) is 2.45. The summed E-state index contributed by atoms with van der Waals surface area (Å²) in [5, 5.41) is 2.04. The highest BCUT2D eigenvalue weighted by molar-refractivity contribution is 6.07. The van der Waals surface area contributed by atoms with E-state index >= 15 is 0 Å². The molecule has 5 heteroatoms. The minimum Gasteiger partial charge on any atom is -0.497 e. The number of ether oxygens (including phenoxy) is 1. The Kier molecular flexibility index (Phi) is 5.98. The van der Waals surface area contributed by atoms with E-state index in [0.29, 0.717) is 32.6 Å². The van der Waals surface area contributed by atoms with Crippen molar-refractivity contribution in [1.82, 2.24) is 9.80 Å². The smallest absolute Gasteiger partial charge is 0.254 e. The predicted molar refractivity (Wildman–Crippen MR) is 118 cm³/mol. The van der Waals surface area contributed by atoms with Crippen molar-refractivity contribution >= 4 is 22.6 Å². The van der Waals surface area contributed by atoms with Gasteiger partial charge in [-0.05, 0) is 41.0 Å². The monoisotopic (exact) mass is 402 g/mol. The molecule has 1 fully saturated rings. The molecule has 0 aliphatic carbocycles. The van der Waals surface area contributed by atoms with Gasteiger partial charge < -0.3 is 14.5 Å². The maximum atomic E-state index is 13.2. The summed E-state index contributed by atoms with van der Waals surface area (Å²) >= 11 is 0. The van der Waals surface area contributed by atoms with Crippen molar-refractivity contribution in [2.24, 2.45) is 0 Å². The highest BCUT2D eigenvalue weighted by atomic mass is 16.5. The SMILES string of the molecule is COc1ccc(CC(=O)N2CCCN(C(=O)c3cccc4ccccc34)CC2)cc1. The minimum atomic E-state index is 0.0382. The van der Waals surface area contributed by atoms with E-state index in [1.54, 1.807) is 7.11 Å². The minimum absolute atomic E-state index is 0.0382. The Balaban J connectivity index is 1.41. The van der Waals surface area contributed by atoms with Crippen LogP contribution in [-0.4, -0.2) is 54.9 Å². The molecular weight excluding hydrogens is 376 g/mol. The van der Waals surface area contributed by atoms with Gasteiger partial charge >= 0.3 is 0 Å². The molecule has 1 heterocycles. The first-order valence-electron chi connectivity index (χ1n) is 10.3. The van der Waals surface area contributed by atoms with Crippen molar-refractivity contribution in [3.63, 3.8) is 0 Å². The van der Waals surface area contributed by atoms with E-state index in [0.717, 1.165) is 34.1 Å². The Labute approximate surface area is 176 Å². The Morgan fingerprint density at radius 1 is 0.833 bits per heavy atom. The van der Waals surface area contributed by atoms with Crippen LogP contribution in [0.1, 0.15) is 22.3 Å². The molecule has 0 atom stereocenters. The molecule has 3 aromatic rings. The van der Waals surface area contributed by atoms with E-state index in [1.165, 1.54) is 0 Å². The van der Waals surface area contributed by atoms with Gasteiger partial charge in [-0.2, -0.15) is 0 Å². The molecule has 1 saturated heterocycles. The molecule has 5 nitrogen and oxygen atoms in total. The predicted octanol–water partition coefficient (Wildman–Crippen LogP) is 3.77. The Morgan fingerprint density at radius 3 is 2.33 bits per heavy atom. The Morgan fingerprint density at radius 2 is 1.53 bits per heavy atom. The van der Waals surface area contributed by atoms with Gasteiger partial charge in [-0.3, -0.25) is 9.59 Å². The third-order valence-electron chi connectivity index (χ3n) is 5.67. The normalized spacial score (nSPS) is 14.4. The fourth-order valence-electron chi connectivity index (χ4n) is 3.98. The molecule has 1 aliphatic rings. The topological polar surface area (TPSA) is 49.9 Å². The zero-order chi connectivity index (χ0) is 20.9. The average Bonchev–Trinajstić information content (AvgIpc) is 3.05. The first-order chi connectivity index (χ1) is 14.7. The summed E-state index contributed by atoms with van der Waals surface area (Å²) in [7, 11) is 1.63. The van der Waals surface area contributed by atoms with E-state index in [-0.39, 0.29) is 11.8 Å². The number of carbonyl (C=O) groups excluding carboxylic acids is 2. The van der Waals surface area contributed by atoms with Gasteiger partial charge in [-0.25, -0.2) is 0 Å². The molecule has 3 aromatic carbocycles. The van der Waals surface area contributed by atoms with Crippen LogP contribution in [0.4, 0.5) is 0 Å². The molecule has 2 amide bonds. The lowest BCUT2D eigenvalue weighted by atomic mass is 10.0. The van der Waals surface area contributed by atoms with E-state index in [4.69, 9.17) is 4.74 Å². The Bertz CT molecular complexity index is 1040. The summed E-state index contributed by atoms with van der Waals surface area (Å²) in [5.41, 5.74) is 1.69. The molecule has 30 heavy (non-hydrogen) atoms. The van der Waals surface area contributed by atoms with Crippen LogP contribution in [0.2, 0.25) is 0 Å². The fraction of sp³-hybridized carbons (Fsp3) is 0.280. The highest BCUT2D eigenvalue weighted by Crippen LogP contribution is 2.21. The van der Waals surface area contributed by atoms with Gasteiger partial charge in [0.15, 0.2) is 0 Å². The first-order valence-corrected chi connectivity index (χ1v) is 10.3. The largest absolute Gasteiger partial charge is 0.497 e. The number of fused-ring (bicyclic) bond motifs is 1. The van der Waals surface area contributed by atoms with Gasteiger partial charge in [0.1, 0.15) is 5.75 Å². The molecule has 0 saturated carbocycles. The summed E-state index contributed by atoms with van der Waals surface area (Å²) in [6, 6.07) is 21.4. The molecule has 0 unspecified atom stereocenters. The quantitative estimate of drug-likeness (QED) is 0.668. The third-order valence-corrected chi connectivity index (χ3v) is 5.67. The lowest BCUT2D eigenvalue weighted by molar-refractivity contribution is -0.130. The van der Waals surface area contributed by atoms with Gasteiger partial charge in [0.2, 0.25) is 5.91 Å². The van der Waals surface area contributed by atoms with Gasteiger partial charge in [0, 0.05) is 31.7 Å². The van der Waals surface area contributed by atoms with Crippen molar-refractivity contribution in [1.29, 1.82) is 0 Å². The number of carbonyl (C=O) groups is 2. The zero-order valence-corrected chi connectivity index (χ0v) is 17.2. The molecule has 0 spiro atoms. The fourth-order valence-corrected chi connectivity index (χ4v) is 3.98. The van der Waals surface area contributed by atoms with Crippen LogP contribution < -0.4 is 4.74 Å². The van der Waals surface area contributed by atoms with E-state index in [9.17, 15) is 9.59 Å². The van der Waals surface area contributed by atoms with Gasteiger partial charge in [0.05, 0.1) is 13.5 Å². The summed E-state index contributed by atoms with van der Waals surface area (Å²) < 4.78 is 5.17. The molecule has 0 radical (unpaired) electrons. The average molecular weight is 402 g/mol. The van der Waals surface area contributed by atoms with E-state index in [1.807, 2.05) is 76.5 Å². The number of hydrogen-bond donors (Lipinski definition) is 0. The molecule has 154 valence electrons. The lowest BCUT2D eigenvalue weighted by Crippen LogP contribution is -2.38. The number of rotatable bonds is 4. The summed E-state index contributed by atoms with van der Waals surface area (Å²) in [5.74, 6) is 0.916. The maximum absolute atomic E-state index is 13.2. The van der Waals surface area contributed by atoms with Crippen molar-refractivity contribution in [3.05, 3.63) is 77.9 Å². The van der Waals surface area contributed by atoms with Gasteiger partial charge in [-0.15, -0.1) is 0 Å². The van der Waals surface area contributed by atoms with Crippen molar-refractivity contribution in [3.8, 4) is 5.75 Å². The lowest BCUT2D eigenvalue weighted by Gasteiger charge is -2.23. The first kappa shape index (κ1) is 20.0. The Hall–Kier alpha value is -3.34. The van der Waals surface area contributed by atoms with Crippen molar-refractivity contribution in [2.45, 2.75) is 12.8 Å². The van der Waals surface area contributed by atoms with Gasteiger partial charge in [0.25, 0.3) is 5.91 Å². The van der Waals surface area contributed by atoms with Crippen LogP contribution in [0.25, 0.3) is 10.8 Å². The van der Waals surface area contributed by atoms with Crippen LogP contribution in [0.5, 0.6) is 5.75 Å². The number of methoxy groups -OCH3 is 1. The highest BCUT2D eigenvalue weighted by Gasteiger charge is 2.23. The molecule has 4 rings (SSSR count). The second-order valence-corrected chi connectivity index (χ2v) is 7.58. The second kappa shape index (κ2) is 8.99. The van der Waals surface area contributed by atoms with Crippen LogP contribution in [0.3, 0.4) is 0 Å². The summed E-state index contributed by atoms with van der Waals surface area (Å²) in [6.07, 6.45) is 1.14. The van der Waals surface area contributed by atoms with Crippen LogP contribution in [0.15, 0.2) is 66.7 Å². The third kappa shape index (κ3) is 4.30. The van der Waals surface area contributed by atoms with Crippen LogP contribution in [-0.2, 0) is 11.2 Å². The second-order valence-electron chi connectivity index (χ2n) is 7.58. The molecule has 0 bridgehead atoms. The summed E-state index contributed by atoms with van der Waals surface area (Å²) in [4.78, 5) is 29.7. The molecule has 0 aromatic heterocycles. The number of amides is 2. The van der Waals surface area contributed by atoms with Crippen molar-refractivity contribution in [2.75, 3.05) is 33.3 Å². The number of hydrogen-bond acceptors (Lipinski definition) is 3. The van der Waals surface area contributed by atoms with E-state index in [2.05, 4.69) is 0 Å². The standard InChI is InChI=1S/C25H26N2O3/c1-30-21-12-10-19(11-13-21)18-24(28)26-14-5-15-27(17-16-26)25(29)23-9-4-7-20-6-2-3-8-22(20)23/h2-4,6-13H,5,14-18H2,1H3. The van der Waals surface area contributed by atoms with Gasteiger partial charge in [-0.1, -0.05) is 48.5 Å². The number of nitrogens with zero attached hydrogens (tertiary/aromatic N) is 2. The zero-order valence-electron chi connectivity index (χ0n) is 17.2. The molecule has 1 aliphatic heterocycles. The maximum Gasteiger partial charge on any atom is 0.254 e. The molecular formula is C25H26N2O3.